The lowest BCUT2D eigenvalue weighted by Gasteiger charge is -2.52. The summed E-state index contributed by atoms with van der Waals surface area (Å²) in [7, 11) is -5.95. The lowest BCUT2D eigenvalue weighted by molar-refractivity contribution is -0.117. The fourth-order valence-electron chi connectivity index (χ4n) is 6.37. The second-order valence-corrected chi connectivity index (χ2v) is 24.1. The number of hydrogen-bond donors (Lipinski definition) is 0. The molecule has 2 aromatic rings. The first-order chi connectivity index (χ1) is 22.0. The topological polar surface area (TPSA) is 35.5 Å². The standard InChI is InChI=1S/C39H56O3Si2/c1-12-30-24-23-29(2)39(9)35(28-27-34(36(39)33(40)26-25-30)41-43(10,11)37(3,4)5)42-44(38(6,7)8,31-19-15-13-16-20-31)32-21-17-14-18-22-32/h12-22,35H,2,23-28H2,1,3-11H3/b30-12+/t35-,39+/m1/s1/i26D2,27D2. The molecule has 5 heteroatoms. The van der Waals surface area contributed by atoms with Gasteiger partial charge in [-0.3, -0.25) is 4.79 Å². The second kappa shape index (κ2) is 12.7. The van der Waals surface area contributed by atoms with Crippen LogP contribution in [0.25, 0.3) is 0 Å². The third-order valence-corrected chi connectivity index (χ3v) is 19.7. The van der Waals surface area contributed by atoms with Gasteiger partial charge in [0, 0.05) is 29.2 Å². The molecule has 2 aliphatic rings. The Hall–Kier alpha value is -2.48. The van der Waals surface area contributed by atoms with Gasteiger partial charge < -0.3 is 8.85 Å². The molecule has 4 rings (SSSR count). The van der Waals surface area contributed by atoms with Crippen molar-refractivity contribution in [1.82, 2.24) is 0 Å². The third-order valence-electron chi connectivity index (χ3n) is 10.3. The molecule has 0 aliphatic heterocycles. The van der Waals surface area contributed by atoms with E-state index in [2.05, 4.69) is 72.4 Å². The van der Waals surface area contributed by atoms with Crippen molar-refractivity contribution in [3.8, 4) is 0 Å². The summed E-state index contributed by atoms with van der Waals surface area (Å²) in [5.41, 5.74) is 0.400. The van der Waals surface area contributed by atoms with Crippen LogP contribution in [0.15, 0.2) is 95.8 Å². The number of carbonyl (C=O) groups excluding carboxylic acids is 1. The van der Waals surface area contributed by atoms with Crippen molar-refractivity contribution in [2.45, 2.75) is 123 Å². The van der Waals surface area contributed by atoms with E-state index in [1.807, 2.05) is 69.4 Å². The van der Waals surface area contributed by atoms with Crippen LogP contribution in [0.3, 0.4) is 0 Å². The lowest BCUT2D eigenvalue weighted by Crippen LogP contribution is -2.69. The quantitative estimate of drug-likeness (QED) is 0.235. The number of benzene rings is 2. The second-order valence-electron chi connectivity index (χ2n) is 15.2. The third kappa shape index (κ3) is 6.30. The molecule has 0 spiro atoms. The molecule has 2 aromatic carbocycles. The molecular formula is C39H56O3Si2. The highest BCUT2D eigenvalue weighted by atomic mass is 28.4. The van der Waals surface area contributed by atoms with Crippen molar-refractivity contribution in [2.24, 2.45) is 5.41 Å². The summed E-state index contributed by atoms with van der Waals surface area (Å²) in [4.78, 5) is 14.9. The normalized spacial score (nSPS) is 27.2. The summed E-state index contributed by atoms with van der Waals surface area (Å²) in [6, 6.07) is 20.5. The van der Waals surface area contributed by atoms with Gasteiger partial charge in [-0.2, -0.15) is 0 Å². The molecule has 0 amide bonds. The van der Waals surface area contributed by atoms with Crippen LogP contribution in [-0.2, 0) is 13.6 Å². The van der Waals surface area contributed by atoms with Crippen molar-refractivity contribution < 1.29 is 19.1 Å². The van der Waals surface area contributed by atoms with Gasteiger partial charge in [-0.25, -0.2) is 0 Å². The number of ketones is 1. The molecule has 1 fully saturated rings. The maximum atomic E-state index is 14.9. The van der Waals surface area contributed by atoms with E-state index < -0.39 is 51.7 Å². The Kier molecular flexibility index (Phi) is 8.38. The molecule has 0 saturated heterocycles. The van der Waals surface area contributed by atoms with E-state index in [9.17, 15) is 10.3 Å². The summed E-state index contributed by atoms with van der Waals surface area (Å²) < 4.78 is 52.2. The van der Waals surface area contributed by atoms with Crippen molar-refractivity contribution in [1.29, 1.82) is 0 Å². The summed E-state index contributed by atoms with van der Waals surface area (Å²) in [6.45, 7) is 25.3. The van der Waals surface area contributed by atoms with Crippen LogP contribution < -0.4 is 10.4 Å². The monoisotopic (exact) mass is 632 g/mol. The highest BCUT2D eigenvalue weighted by molar-refractivity contribution is 6.99. The van der Waals surface area contributed by atoms with Crippen molar-refractivity contribution in [3.05, 3.63) is 95.8 Å². The van der Waals surface area contributed by atoms with E-state index in [1.54, 1.807) is 0 Å². The van der Waals surface area contributed by atoms with Crippen LogP contribution in [-0.4, -0.2) is 28.5 Å². The fourth-order valence-corrected chi connectivity index (χ4v) is 12.1. The summed E-state index contributed by atoms with van der Waals surface area (Å²) in [5, 5.41) is 1.41. The highest BCUT2D eigenvalue weighted by Crippen LogP contribution is 2.54. The number of allylic oxidation sites excluding steroid dienone is 3. The van der Waals surface area contributed by atoms with Crippen molar-refractivity contribution >= 4 is 32.8 Å². The van der Waals surface area contributed by atoms with E-state index in [0.717, 1.165) is 21.5 Å². The van der Waals surface area contributed by atoms with E-state index in [-0.39, 0.29) is 29.2 Å². The zero-order chi connectivity index (χ0) is 36.1. The zero-order valence-corrected chi connectivity index (χ0v) is 30.7. The molecular weight excluding hydrogens is 573 g/mol. The predicted octanol–water partition coefficient (Wildman–Crippen LogP) is 9.65. The first-order valence-electron chi connectivity index (χ1n) is 18.1. The minimum absolute atomic E-state index is 0.0298. The Labute approximate surface area is 275 Å². The van der Waals surface area contributed by atoms with Crippen molar-refractivity contribution in [2.75, 3.05) is 0 Å². The molecule has 0 radical (unpaired) electrons. The Bertz CT molecular complexity index is 1540. The van der Waals surface area contributed by atoms with Crippen LogP contribution >= 0.6 is 0 Å². The average Bonchev–Trinajstić information content (AvgIpc) is 3.01. The van der Waals surface area contributed by atoms with E-state index in [1.165, 1.54) is 0 Å². The first kappa shape index (κ1) is 29.0. The van der Waals surface area contributed by atoms with Crippen LogP contribution in [0.4, 0.5) is 0 Å². The molecule has 0 unspecified atom stereocenters. The van der Waals surface area contributed by atoms with Crippen LogP contribution in [0.1, 0.15) is 99.3 Å². The average molecular weight is 633 g/mol. The van der Waals surface area contributed by atoms with Crippen molar-refractivity contribution in [3.63, 3.8) is 0 Å². The minimum atomic E-state index is -3.25. The van der Waals surface area contributed by atoms with Gasteiger partial charge in [-0.05, 0) is 73.1 Å². The number of rotatable bonds is 6. The molecule has 3 nitrogen and oxygen atoms in total. The SMILES string of the molecule is [2H]C1([2H])C/C(=C/C)CCC(=C)[C@]2(C)C(=C(O[Si](C)(C)C(C)(C)C)C([2H])([2H])C[C@H]2O[Si](c2ccccc2)(c2ccccc2)C(C)(C)C)C1=O. The fraction of sp³-hybridized carbons (Fsp3) is 0.513. The number of hydrogen-bond acceptors (Lipinski definition) is 3. The summed E-state index contributed by atoms with van der Waals surface area (Å²) in [6.07, 6.45) is -2.38. The summed E-state index contributed by atoms with van der Waals surface area (Å²) >= 11 is 0. The number of carbonyl (C=O) groups is 1. The van der Waals surface area contributed by atoms with Gasteiger partial charge in [0.1, 0.15) is 0 Å². The maximum Gasteiger partial charge on any atom is 0.261 e. The molecule has 0 aromatic heterocycles. The first-order valence-corrected chi connectivity index (χ1v) is 20.9. The van der Waals surface area contributed by atoms with Crippen LogP contribution in [0.5, 0.6) is 0 Å². The molecule has 0 bridgehead atoms. The van der Waals surface area contributed by atoms with E-state index in [0.29, 0.717) is 12.8 Å². The largest absolute Gasteiger partial charge is 0.546 e. The van der Waals surface area contributed by atoms with Gasteiger partial charge in [0.25, 0.3) is 8.32 Å². The predicted molar refractivity (Wildman–Crippen MR) is 192 cm³/mol. The Morgan fingerprint density at radius 2 is 1.43 bits per heavy atom. The Morgan fingerprint density at radius 3 is 1.91 bits per heavy atom. The molecule has 1 saturated carbocycles. The molecule has 238 valence electrons. The van der Waals surface area contributed by atoms with Gasteiger partial charge in [0.05, 0.1) is 11.9 Å². The molecule has 0 N–H and O–H groups in total. The van der Waals surface area contributed by atoms with Crippen LogP contribution in [0, 0.1) is 5.41 Å². The number of Topliss-reactive ketones (excluding diaryl/α,β-unsaturated/α-hetero) is 1. The van der Waals surface area contributed by atoms with E-state index in [4.69, 9.17) is 8.85 Å². The Morgan fingerprint density at radius 1 is 0.886 bits per heavy atom. The smallest absolute Gasteiger partial charge is 0.261 e. The highest BCUT2D eigenvalue weighted by Gasteiger charge is 2.57. The number of fused-ring (bicyclic) bond motifs is 1. The summed E-state index contributed by atoms with van der Waals surface area (Å²) in [5.74, 6) is -0.765. The Balaban J connectivity index is 2.12. The molecule has 44 heavy (non-hydrogen) atoms. The van der Waals surface area contributed by atoms with Gasteiger partial charge in [0.15, 0.2) is 5.78 Å². The van der Waals surface area contributed by atoms with Crippen LogP contribution in [0.2, 0.25) is 23.2 Å². The van der Waals surface area contributed by atoms with E-state index >= 15 is 0 Å². The van der Waals surface area contributed by atoms with Gasteiger partial charge in [-0.1, -0.05) is 126 Å². The minimum Gasteiger partial charge on any atom is -0.546 e. The molecule has 2 atom stereocenters. The molecule has 2 aliphatic carbocycles. The maximum absolute atomic E-state index is 14.9. The lowest BCUT2D eigenvalue weighted by atomic mass is 9.64. The zero-order valence-electron chi connectivity index (χ0n) is 32.7. The molecule has 0 heterocycles. The van der Waals surface area contributed by atoms with Gasteiger partial charge in [0.2, 0.25) is 8.32 Å². The van der Waals surface area contributed by atoms with Gasteiger partial charge in [-0.15, -0.1) is 0 Å². The van der Waals surface area contributed by atoms with Gasteiger partial charge >= 0.3 is 0 Å².